The molecule has 4 N–H and O–H groups in total. The molecule has 1 aromatic carbocycles. The standard InChI is InChI=1S/C13H18N2O5/c1-2-20-7-3-6-14-13(19)15-11-5-4-9(16)8-10(11)12(17)18/h4-5,8,16H,2-3,6-7H2,1H3,(H,17,18)(H2,14,15,19). The van der Waals surface area contributed by atoms with Crippen LogP contribution in [0.4, 0.5) is 10.5 Å². The van der Waals surface area contributed by atoms with Crippen LogP contribution >= 0.6 is 0 Å². The molecular weight excluding hydrogens is 264 g/mol. The van der Waals surface area contributed by atoms with Gasteiger partial charge in [-0.25, -0.2) is 9.59 Å². The number of ether oxygens (including phenoxy) is 1. The van der Waals surface area contributed by atoms with Crippen molar-refractivity contribution in [1.82, 2.24) is 5.32 Å². The van der Waals surface area contributed by atoms with Gasteiger partial charge in [0.15, 0.2) is 0 Å². The predicted molar refractivity (Wildman–Crippen MR) is 73.2 cm³/mol. The zero-order valence-electron chi connectivity index (χ0n) is 11.2. The molecule has 0 aliphatic heterocycles. The molecule has 7 nitrogen and oxygen atoms in total. The summed E-state index contributed by atoms with van der Waals surface area (Å²) >= 11 is 0. The van der Waals surface area contributed by atoms with Gasteiger partial charge in [0.1, 0.15) is 5.75 Å². The van der Waals surface area contributed by atoms with Crippen LogP contribution in [-0.2, 0) is 4.74 Å². The Kier molecular flexibility index (Phi) is 6.31. The summed E-state index contributed by atoms with van der Waals surface area (Å²) in [7, 11) is 0. The Bertz CT molecular complexity index is 476. The maximum absolute atomic E-state index is 11.6. The molecule has 0 aromatic heterocycles. The van der Waals surface area contributed by atoms with Crippen LogP contribution in [0.25, 0.3) is 0 Å². The van der Waals surface area contributed by atoms with Crippen molar-refractivity contribution in [3.8, 4) is 5.75 Å². The molecule has 0 heterocycles. The van der Waals surface area contributed by atoms with Gasteiger partial charge in [0, 0.05) is 19.8 Å². The first-order valence-electron chi connectivity index (χ1n) is 6.23. The first-order valence-corrected chi connectivity index (χ1v) is 6.23. The summed E-state index contributed by atoms with van der Waals surface area (Å²) in [4.78, 5) is 22.6. The number of aromatic carboxylic acids is 1. The molecule has 0 unspecified atom stereocenters. The molecule has 0 aliphatic rings. The Labute approximate surface area is 116 Å². The lowest BCUT2D eigenvalue weighted by atomic mass is 10.1. The second-order valence-electron chi connectivity index (χ2n) is 3.97. The molecule has 0 saturated heterocycles. The number of phenols is 1. The lowest BCUT2D eigenvalue weighted by molar-refractivity contribution is 0.0697. The number of urea groups is 1. The van der Waals surface area contributed by atoms with Crippen LogP contribution in [0, 0.1) is 0 Å². The summed E-state index contributed by atoms with van der Waals surface area (Å²) < 4.78 is 5.12. The van der Waals surface area contributed by atoms with Crippen LogP contribution < -0.4 is 10.6 Å². The van der Waals surface area contributed by atoms with Gasteiger partial charge in [-0.15, -0.1) is 0 Å². The minimum Gasteiger partial charge on any atom is -0.508 e. The SMILES string of the molecule is CCOCCCNC(=O)Nc1ccc(O)cc1C(=O)O. The van der Waals surface area contributed by atoms with E-state index in [-0.39, 0.29) is 17.0 Å². The number of carboxylic acids is 1. The van der Waals surface area contributed by atoms with E-state index in [1.54, 1.807) is 0 Å². The van der Waals surface area contributed by atoms with Crippen LogP contribution in [0.3, 0.4) is 0 Å². The van der Waals surface area contributed by atoms with Crippen molar-refractivity contribution in [2.45, 2.75) is 13.3 Å². The van der Waals surface area contributed by atoms with Crippen molar-refractivity contribution >= 4 is 17.7 Å². The minimum atomic E-state index is -1.23. The highest BCUT2D eigenvalue weighted by Gasteiger charge is 2.13. The molecule has 0 radical (unpaired) electrons. The highest BCUT2D eigenvalue weighted by atomic mass is 16.5. The fourth-order valence-electron chi connectivity index (χ4n) is 1.51. The summed E-state index contributed by atoms with van der Waals surface area (Å²) in [5, 5.41) is 23.2. The van der Waals surface area contributed by atoms with E-state index in [0.29, 0.717) is 26.2 Å². The summed E-state index contributed by atoms with van der Waals surface area (Å²) in [5.41, 5.74) is -0.0490. The molecule has 0 bridgehead atoms. The molecular formula is C13H18N2O5. The number of aromatic hydroxyl groups is 1. The van der Waals surface area contributed by atoms with Crippen molar-refractivity contribution in [3.05, 3.63) is 23.8 Å². The zero-order chi connectivity index (χ0) is 15.0. The number of carboxylic acid groups (broad SMARTS) is 1. The van der Waals surface area contributed by atoms with Gasteiger partial charge in [-0.2, -0.15) is 0 Å². The van der Waals surface area contributed by atoms with Crippen LogP contribution in [0.15, 0.2) is 18.2 Å². The largest absolute Gasteiger partial charge is 0.508 e. The van der Waals surface area contributed by atoms with Gasteiger partial charge in [0.2, 0.25) is 0 Å². The molecule has 0 aliphatic carbocycles. The number of carbonyl (C=O) groups is 2. The van der Waals surface area contributed by atoms with E-state index >= 15 is 0 Å². The average molecular weight is 282 g/mol. The number of benzene rings is 1. The second kappa shape index (κ2) is 8.00. The van der Waals surface area contributed by atoms with Crippen molar-refractivity contribution in [1.29, 1.82) is 0 Å². The number of carbonyl (C=O) groups excluding carboxylic acids is 1. The number of phenolic OH excluding ortho intramolecular Hbond substituents is 1. The Morgan fingerprint density at radius 2 is 2.10 bits per heavy atom. The molecule has 0 fully saturated rings. The number of amides is 2. The van der Waals surface area contributed by atoms with Gasteiger partial charge < -0.3 is 25.6 Å². The Morgan fingerprint density at radius 1 is 1.35 bits per heavy atom. The average Bonchev–Trinajstić information content (AvgIpc) is 2.40. The first kappa shape index (κ1) is 15.8. The van der Waals surface area contributed by atoms with Crippen LogP contribution in [0.1, 0.15) is 23.7 Å². The summed E-state index contributed by atoms with van der Waals surface area (Å²) in [6, 6.07) is 3.21. The third-order valence-corrected chi connectivity index (χ3v) is 2.44. The second-order valence-corrected chi connectivity index (χ2v) is 3.97. The highest BCUT2D eigenvalue weighted by molar-refractivity contribution is 6.00. The highest BCUT2D eigenvalue weighted by Crippen LogP contribution is 2.21. The van der Waals surface area contributed by atoms with E-state index in [1.807, 2.05) is 6.92 Å². The molecule has 7 heteroatoms. The fourth-order valence-corrected chi connectivity index (χ4v) is 1.51. The summed E-state index contributed by atoms with van der Waals surface area (Å²) in [5.74, 6) is -1.40. The summed E-state index contributed by atoms with van der Waals surface area (Å²) in [6.07, 6.45) is 0.669. The monoisotopic (exact) mass is 282 g/mol. The van der Waals surface area contributed by atoms with Gasteiger partial charge in [-0.05, 0) is 31.5 Å². The third kappa shape index (κ3) is 5.15. The lowest BCUT2D eigenvalue weighted by Crippen LogP contribution is -2.30. The van der Waals surface area contributed by atoms with E-state index in [0.717, 1.165) is 6.07 Å². The Balaban J connectivity index is 2.51. The Morgan fingerprint density at radius 3 is 2.75 bits per heavy atom. The number of hydrogen-bond donors (Lipinski definition) is 4. The van der Waals surface area contributed by atoms with E-state index in [2.05, 4.69) is 10.6 Å². The molecule has 0 atom stereocenters. The van der Waals surface area contributed by atoms with E-state index < -0.39 is 12.0 Å². The normalized spacial score (nSPS) is 10.1. The smallest absolute Gasteiger partial charge is 0.337 e. The quantitative estimate of drug-likeness (QED) is 0.449. The van der Waals surface area contributed by atoms with Crippen LogP contribution in [0.2, 0.25) is 0 Å². The zero-order valence-corrected chi connectivity index (χ0v) is 11.2. The first-order chi connectivity index (χ1) is 9.54. The van der Waals surface area contributed by atoms with E-state index in [1.165, 1.54) is 12.1 Å². The maximum Gasteiger partial charge on any atom is 0.337 e. The van der Waals surface area contributed by atoms with Gasteiger partial charge in [0.25, 0.3) is 0 Å². The van der Waals surface area contributed by atoms with Gasteiger partial charge in [-0.3, -0.25) is 0 Å². The van der Waals surface area contributed by atoms with Crippen molar-refractivity contribution in [2.75, 3.05) is 25.1 Å². The number of rotatable bonds is 7. The lowest BCUT2D eigenvalue weighted by Gasteiger charge is -2.10. The van der Waals surface area contributed by atoms with Gasteiger partial charge in [0.05, 0.1) is 11.3 Å². The van der Waals surface area contributed by atoms with Gasteiger partial charge >= 0.3 is 12.0 Å². The van der Waals surface area contributed by atoms with Crippen LogP contribution in [-0.4, -0.2) is 42.0 Å². The third-order valence-electron chi connectivity index (χ3n) is 2.44. The molecule has 1 rings (SSSR count). The van der Waals surface area contributed by atoms with Gasteiger partial charge in [-0.1, -0.05) is 0 Å². The molecule has 0 spiro atoms. The summed E-state index contributed by atoms with van der Waals surface area (Å²) in [6.45, 7) is 3.49. The number of nitrogens with one attached hydrogen (secondary N) is 2. The molecule has 2 amide bonds. The Hall–Kier alpha value is -2.28. The van der Waals surface area contributed by atoms with Crippen LogP contribution in [0.5, 0.6) is 5.75 Å². The maximum atomic E-state index is 11.6. The molecule has 0 saturated carbocycles. The van der Waals surface area contributed by atoms with E-state index in [4.69, 9.17) is 9.84 Å². The predicted octanol–water partition coefficient (Wildman–Crippen LogP) is 1.64. The van der Waals surface area contributed by atoms with E-state index in [9.17, 15) is 14.7 Å². The minimum absolute atomic E-state index is 0.123. The molecule has 110 valence electrons. The topological polar surface area (TPSA) is 108 Å². The van der Waals surface area contributed by atoms with Crippen molar-refractivity contribution in [3.63, 3.8) is 0 Å². The molecule has 20 heavy (non-hydrogen) atoms. The fraction of sp³-hybridized carbons (Fsp3) is 0.385. The number of hydrogen-bond acceptors (Lipinski definition) is 4. The van der Waals surface area contributed by atoms with Crippen molar-refractivity contribution in [2.24, 2.45) is 0 Å². The number of anilines is 1. The van der Waals surface area contributed by atoms with Crippen molar-refractivity contribution < 1.29 is 24.5 Å². The molecule has 1 aromatic rings.